The summed E-state index contributed by atoms with van der Waals surface area (Å²) in [6, 6.07) is 6.52. The van der Waals surface area contributed by atoms with E-state index >= 15 is 0 Å². The van der Waals surface area contributed by atoms with Crippen molar-refractivity contribution in [1.29, 1.82) is 0 Å². The van der Waals surface area contributed by atoms with E-state index in [0.717, 1.165) is 18.4 Å². The van der Waals surface area contributed by atoms with Crippen molar-refractivity contribution < 1.29 is 17.7 Å². The van der Waals surface area contributed by atoms with Crippen LogP contribution in [0.15, 0.2) is 24.3 Å². The summed E-state index contributed by atoms with van der Waals surface area (Å²) in [6.07, 6.45) is 1.75. The normalized spacial score (nSPS) is 11.0. The fourth-order valence-electron chi connectivity index (χ4n) is 1.34. The van der Waals surface area contributed by atoms with Gasteiger partial charge in [0.1, 0.15) is 5.82 Å². The van der Waals surface area contributed by atoms with Gasteiger partial charge in [-0.2, -0.15) is 0 Å². The van der Waals surface area contributed by atoms with Crippen molar-refractivity contribution in [3.63, 3.8) is 0 Å². The van der Waals surface area contributed by atoms with E-state index in [-0.39, 0.29) is 5.82 Å². The lowest BCUT2D eigenvalue weighted by Gasteiger charge is -2.11. The molecule has 0 N–H and O–H groups in total. The maximum absolute atomic E-state index is 12.6. The van der Waals surface area contributed by atoms with E-state index < -0.39 is 9.53 Å². The molecule has 0 aliphatic heterocycles. The molecule has 0 unspecified atom stereocenters. The summed E-state index contributed by atoms with van der Waals surface area (Å²) in [7, 11) is 1.28. The van der Waals surface area contributed by atoms with E-state index in [0.29, 0.717) is 6.61 Å². The largest absolute Gasteiger partial charge is 0.483 e. The highest BCUT2D eigenvalue weighted by Crippen LogP contribution is 2.05. The van der Waals surface area contributed by atoms with Gasteiger partial charge in [-0.05, 0) is 30.5 Å². The fourth-order valence-corrected chi connectivity index (χ4v) is 2.16. The van der Waals surface area contributed by atoms with E-state index in [4.69, 9.17) is 13.3 Å². The predicted molar refractivity (Wildman–Crippen MR) is 61.8 cm³/mol. The molecular weight excluding hydrogens is 227 g/mol. The molecule has 0 amide bonds. The highest BCUT2D eigenvalue weighted by atomic mass is 28.3. The van der Waals surface area contributed by atoms with Crippen LogP contribution < -0.4 is 0 Å². The lowest BCUT2D eigenvalue weighted by Crippen LogP contribution is -2.24. The van der Waals surface area contributed by atoms with Crippen molar-refractivity contribution in [2.24, 2.45) is 0 Å². The average molecular weight is 244 g/mol. The summed E-state index contributed by atoms with van der Waals surface area (Å²) in [5.74, 6) is -0.203. The van der Waals surface area contributed by atoms with Crippen molar-refractivity contribution in [3.05, 3.63) is 35.6 Å². The Labute approximate surface area is 97.1 Å². The second kappa shape index (κ2) is 7.51. The molecule has 0 bridgehead atoms. The van der Waals surface area contributed by atoms with Crippen LogP contribution in [0.4, 0.5) is 4.39 Å². The first-order valence-corrected chi connectivity index (χ1v) is 6.59. The Morgan fingerprint density at radius 1 is 1.12 bits per heavy atom. The van der Waals surface area contributed by atoms with Crippen molar-refractivity contribution in [2.45, 2.75) is 12.8 Å². The molecule has 0 aromatic heterocycles. The van der Waals surface area contributed by atoms with Crippen LogP contribution in [0.25, 0.3) is 0 Å². The lowest BCUT2D eigenvalue weighted by atomic mass is 10.1. The Bertz CT molecular complexity index is 288. The summed E-state index contributed by atoms with van der Waals surface area (Å²) in [6.45, 7) is 0.607. The number of hydrogen-bond donors (Lipinski definition) is 0. The second-order valence-corrected chi connectivity index (χ2v) is 5.21. The molecule has 0 heterocycles. The smallest absolute Gasteiger partial charge is 0.379 e. The van der Waals surface area contributed by atoms with Gasteiger partial charge in [-0.3, -0.25) is 0 Å². The molecule has 1 aromatic carbocycles. The Balaban J connectivity index is 2.18. The topological polar surface area (TPSA) is 27.7 Å². The third kappa shape index (κ3) is 4.85. The second-order valence-electron chi connectivity index (χ2n) is 3.36. The quantitative estimate of drug-likeness (QED) is 0.540. The van der Waals surface area contributed by atoms with Gasteiger partial charge in [0.05, 0.1) is 0 Å². The van der Waals surface area contributed by atoms with Crippen LogP contribution in [-0.4, -0.2) is 30.4 Å². The highest BCUT2D eigenvalue weighted by molar-refractivity contribution is 6.36. The molecule has 0 aliphatic rings. The number of hydrogen-bond acceptors (Lipinski definition) is 3. The minimum absolute atomic E-state index is 0.203. The summed E-state index contributed by atoms with van der Waals surface area (Å²) in [5, 5.41) is 0. The Kier molecular flexibility index (Phi) is 6.25. The van der Waals surface area contributed by atoms with Crippen LogP contribution in [0.2, 0.25) is 0 Å². The monoisotopic (exact) mass is 244 g/mol. The summed E-state index contributed by atoms with van der Waals surface area (Å²) >= 11 is 0. The van der Waals surface area contributed by atoms with Crippen LogP contribution >= 0.6 is 0 Å². The first kappa shape index (κ1) is 13.3. The average Bonchev–Trinajstić information content (AvgIpc) is 2.32. The van der Waals surface area contributed by atoms with Gasteiger partial charge in [-0.15, -0.1) is 0 Å². The van der Waals surface area contributed by atoms with E-state index in [1.165, 1.54) is 12.1 Å². The zero-order valence-electron chi connectivity index (χ0n) is 9.61. The van der Waals surface area contributed by atoms with Gasteiger partial charge >= 0.3 is 9.53 Å². The molecule has 0 atom stereocenters. The van der Waals surface area contributed by atoms with Crippen LogP contribution in [0.5, 0.6) is 0 Å². The third-order valence-corrected chi connectivity index (χ3v) is 3.44. The molecule has 0 aliphatic carbocycles. The summed E-state index contributed by atoms with van der Waals surface area (Å²) in [4.78, 5) is 0. The number of aryl methyl sites for hydroxylation is 1. The number of rotatable bonds is 7. The van der Waals surface area contributed by atoms with Crippen LogP contribution in [0.3, 0.4) is 0 Å². The standard InChI is InChI=1S/C11H17FO3Si/c1-13-16(14-2)15-9-3-4-10-5-7-11(12)8-6-10/h5-8,16H,3-4,9H2,1-2H3. The van der Waals surface area contributed by atoms with Crippen LogP contribution in [0.1, 0.15) is 12.0 Å². The molecule has 0 fully saturated rings. The molecule has 0 spiro atoms. The zero-order valence-corrected chi connectivity index (χ0v) is 10.8. The molecule has 0 saturated heterocycles. The van der Waals surface area contributed by atoms with Gasteiger partial charge in [-0.25, -0.2) is 4.39 Å². The zero-order chi connectivity index (χ0) is 11.8. The molecule has 90 valence electrons. The van der Waals surface area contributed by atoms with Gasteiger partial charge < -0.3 is 13.3 Å². The van der Waals surface area contributed by atoms with Crippen molar-refractivity contribution >= 4 is 9.53 Å². The number of halogens is 1. The summed E-state index contributed by atoms with van der Waals surface area (Å²) in [5.41, 5.74) is 1.11. The van der Waals surface area contributed by atoms with Crippen LogP contribution in [0, 0.1) is 5.82 Å². The van der Waals surface area contributed by atoms with E-state index in [1.807, 2.05) is 0 Å². The number of benzene rings is 1. The Morgan fingerprint density at radius 3 is 2.31 bits per heavy atom. The molecule has 0 saturated carbocycles. The summed E-state index contributed by atoms with van der Waals surface area (Å²) < 4.78 is 28.1. The first-order valence-electron chi connectivity index (χ1n) is 5.18. The van der Waals surface area contributed by atoms with Crippen molar-refractivity contribution in [2.75, 3.05) is 20.8 Å². The fraction of sp³-hybridized carbons (Fsp3) is 0.455. The van der Waals surface area contributed by atoms with Gasteiger partial charge in [0, 0.05) is 20.8 Å². The third-order valence-electron chi connectivity index (χ3n) is 2.16. The molecule has 1 rings (SSSR count). The van der Waals surface area contributed by atoms with Crippen molar-refractivity contribution in [1.82, 2.24) is 0 Å². The first-order chi connectivity index (χ1) is 7.76. The molecule has 3 nitrogen and oxygen atoms in total. The van der Waals surface area contributed by atoms with Crippen LogP contribution in [-0.2, 0) is 19.7 Å². The van der Waals surface area contributed by atoms with Gasteiger partial charge in [0.25, 0.3) is 0 Å². The highest BCUT2D eigenvalue weighted by Gasteiger charge is 2.09. The SMILES string of the molecule is CO[SiH](OC)OCCCc1ccc(F)cc1. The van der Waals surface area contributed by atoms with Crippen molar-refractivity contribution in [3.8, 4) is 0 Å². The maximum atomic E-state index is 12.6. The maximum Gasteiger partial charge on any atom is 0.483 e. The van der Waals surface area contributed by atoms with E-state index in [1.54, 1.807) is 26.4 Å². The molecule has 5 heteroatoms. The Hall–Kier alpha value is -0.753. The molecule has 0 radical (unpaired) electrons. The van der Waals surface area contributed by atoms with Gasteiger partial charge in [0.2, 0.25) is 0 Å². The molecule has 16 heavy (non-hydrogen) atoms. The predicted octanol–water partition coefficient (Wildman–Crippen LogP) is 1.78. The Morgan fingerprint density at radius 2 is 1.75 bits per heavy atom. The van der Waals surface area contributed by atoms with E-state index in [9.17, 15) is 4.39 Å². The van der Waals surface area contributed by atoms with E-state index in [2.05, 4.69) is 0 Å². The van der Waals surface area contributed by atoms with Gasteiger partial charge in [0.15, 0.2) is 0 Å². The minimum atomic E-state index is -1.89. The molecular formula is C11H17FO3Si. The van der Waals surface area contributed by atoms with Gasteiger partial charge in [-0.1, -0.05) is 12.1 Å². The minimum Gasteiger partial charge on any atom is -0.379 e. The lowest BCUT2D eigenvalue weighted by molar-refractivity contribution is 0.134. The molecule has 1 aromatic rings.